The summed E-state index contributed by atoms with van der Waals surface area (Å²) >= 11 is 5.72. The number of benzene rings is 3. The number of sulfonamides is 1. The summed E-state index contributed by atoms with van der Waals surface area (Å²) in [7, 11) is -0.182. The number of nitrogens with one attached hydrogen (secondary N) is 1. The van der Waals surface area contributed by atoms with Crippen molar-refractivity contribution in [1.82, 2.24) is 5.32 Å². The van der Waals surface area contributed by atoms with Crippen LogP contribution in [0, 0.1) is 0 Å². The predicted molar refractivity (Wildman–Crippen MR) is 135 cm³/mol. The Morgan fingerprint density at radius 2 is 1.61 bits per heavy atom. The molecular formula is C25H24ClF3N2O6S. The molecule has 204 valence electrons. The standard InChI is InChI=1S/C25H24ClF3N2O6S/c1-35-21-12-9-16(23(36-2)24(21)37-3)14-30-22(32)15-31(38(33,34)18-7-5-4-6-8-18)17-10-11-20(26)19(13-17)25(27,28)29/h4-13H,14-15H2,1-3H3,(H,30,32). The lowest BCUT2D eigenvalue weighted by molar-refractivity contribution is -0.137. The molecule has 13 heteroatoms. The third-order valence-corrected chi connectivity index (χ3v) is 7.54. The zero-order valence-electron chi connectivity index (χ0n) is 20.5. The highest BCUT2D eigenvalue weighted by molar-refractivity contribution is 7.92. The Balaban J connectivity index is 1.96. The molecule has 0 heterocycles. The highest BCUT2D eigenvalue weighted by atomic mass is 35.5. The summed E-state index contributed by atoms with van der Waals surface area (Å²) < 4.78 is 83.9. The number of carbonyl (C=O) groups excluding carboxylic acids is 1. The fourth-order valence-corrected chi connectivity index (χ4v) is 5.26. The maximum absolute atomic E-state index is 13.5. The molecule has 0 aliphatic rings. The first-order valence-electron chi connectivity index (χ1n) is 10.9. The van der Waals surface area contributed by atoms with Crippen molar-refractivity contribution in [3.05, 3.63) is 76.8 Å². The van der Waals surface area contributed by atoms with Crippen LogP contribution >= 0.6 is 11.6 Å². The van der Waals surface area contributed by atoms with Crippen LogP contribution in [0.3, 0.4) is 0 Å². The van der Waals surface area contributed by atoms with Gasteiger partial charge < -0.3 is 19.5 Å². The molecule has 0 saturated carbocycles. The topological polar surface area (TPSA) is 94.2 Å². The first-order chi connectivity index (χ1) is 17.9. The molecule has 0 spiro atoms. The molecule has 3 aromatic rings. The SMILES string of the molecule is COc1ccc(CNC(=O)CN(c2ccc(Cl)c(C(F)(F)F)c2)S(=O)(=O)c2ccccc2)c(OC)c1OC. The Hall–Kier alpha value is -3.64. The molecule has 0 saturated heterocycles. The van der Waals surface area contributed by atoms with Gasteiger partial charge in [-0.05, 0) is 42.5 Å². The Bertz CT molecular complexity index is 1400. The van der Waals surface area contributed by atoms with Crippen LogP contribution in [0.25, 0.3) is 0 Å². The van der Waals surface area contributed by atoms with E-state index in [1.807, 2.05) is 0 Å². The first-order valence-corrected chi connectivity index (χ1v) is 12.7. The van der Waals surface area contributed by atoms with Gasteiger partial charge in [0.05, 0.1) is 42.5 Å². The molecule has 0 fully saturated rings. The molecule has 0 radical (unpaired) electrons. The van der Waals surface area contributed by atoms with Crippen LogP contribution in [0.1, 0.15) is 11.1 Å². The third-order valence-electron chi connectivity index (χ3n) is 5.42. The lowest BCUT2D eigenvalue weighted by atomic mass is 10.1. The van der Waals surface area contributed by atoms with E-state index in [1.165, 1.54) is 45.6 Å². The Morgan fingerprint density at radius 3 is 2.18 bits per heavy atom. The number of hydrogen-bond donors (Lipinski definition) is 1. The maximum Gasteiger partial charge on any atom is 0.417 e. The molecule has 3 aromatic carbocycles. The number of methoxy groups -OCH3 is 3. The van der Waals surface area contributed by atoms with E-state index in [0.29, 0.717) is 21.7 Å². The molecule has 0 atom stereocenters. The summed E-state index contributed by atoms with van der Waals surface area (Å²) in [5.41, 5.74) is -1.13. The van der Waals surface area contributed by atoms with Crippen LogP contribution in [0.5, 0.6) is 17.2 Å². The van der Waals surface area contributed by atoms with Gasteiger partial charge in [-0.25, -0.2) is 8.42 Å². The zero-order valence-corrected chi connectivity index (χ0v) is 22.1. The van der Waals surface area contributed by atoms with Crippen LogP contribution in [0.4, 0.5) is 18.9 Å². The van der Waals surface area contributed by atoms with Gasteiger partial charge in [0.15, 0.2) is 11.5 Å². The van der Waals surface area contributed by atoms with E-state index in [2.05, 4.69) is 5.32 Å². The Morgan fingerprint density at radius 1 is 0.947 bits per heavy atom. The smallest absolute Gasteiger partial charge is 0.417 e. The first kappa shape index (κ1) is 28.9. The summed E-state index contributed by atoms with van der Waals surface area (Å²) in [5.74, 6) is 0.178. The van der Waals surface area contributed by atoms with Crippen LogP contribution in [-0.2, 0) is 27.5 Å². The number of alkyl halides is 3. The molecule has 38 heavy (non-hydrogen) atoms. The van der Waals surface area contributed by atoms with Crippen molar-refractivity contribution in [1.29, 1.82) is 0 Å². The summed E-state index contributed by atoms with van der Waals surface area (Å²) in [4.78, 5) is 12.7. The van der Waals surface area contributed by atoms with Crippen LogP contribution in [-0.4, -0.2) is 42.2 Å². The summed E-state index contributed by atoms with van der Waals surface area (Å²) in [5, 5.41) is 1.96. The largest absolute Gasteiger partial charge is 0.493 e. The lowest BCUT2D eigenvalue weighted by Gasteiger charge is -2.25. The minimum atomic E-state index is -4.85. The normalized spacial score (nSPS) is 11.6. The van der Waals surface area contributed by atoms with E-state index >= 15 is 0 Å². The van der Waals surface area contributed by atoms with Crippen LogP contribution < -0.4 is 23.8 Å². The van der Waals surface area contributed by atoms with Crippen molar-refractivity contribution >= 4 is 33.2 Å². The predicted octanol–water partition coefficient (Wildman–Crippen LogP) is 4.90. The third kappa shape index (κ3) is 6.25. The Kier molecular flexibility index (Phi) is 9.00. The van der Waals surface area contributed by atoms with Gasteiger partial charge in [0, 0.05) is 12.1 Å². The second-order valence-corrected chi connectivity index (χ2v) is 10.0. The molecule has 1 N–H and O–H groups in total. The van der Waals surface area contributed by atoms with Crippen molar-refractivity contribution in [2.75, 3.05) is 32.2 Å². The fraction of sp³-hybridized carbons (Fsp3) is 0.240. The van der Waals surface area contributed by atoms with Crippen LogP contribution in [0.15, 0.2) is 65.6 Å². The molecule has 0 aliphatic carbocycles. The number of hydrogen-bond acceptors (Lipinski definition) is 6. The van der Waals surface area contributed by atoms with Crippen molar-refractivity contribution in [3.63, 3.8) is 0 Å². The molecular weight excluding hydrogens is 549 g/mol. The maximum atomic E-state index is 13.5. The summed E-state index contributed by atoms with van der Waals surface area (Å²) in [6.07, 6.45) is -4.85. The average molecular weight is 573 g/mol. The quantitative estimate of drug-likeness (QED) is 0.372. The molecule has 0 aliphatic heterocycles. The number of halogens is 4. The van der Waals surface area contributed by atoms with Gasteiger partial charge in [-0.1, -0.05) is 29.8 Å². The number of nitrogens with zero attached hydrogens (tertiary/aromatic N) is 1. The second-order valence-electron chi connectivity index (χ2n) is 7.76. The summed E-state index contributed by atoms with van der Waals surface area (Å²) in [6.45, 7) is -0.915. The van der Waals surface area contributed by atoms with Crippen LogP contribution in [0.2, 0.25) is 5.02 Å². The number of ether oxygens (including phenoxy) is 3. The Labute approximate surface area is 222 Å². The highest BCUT2D eigenvalue weighted by Gasteiger charge is 2.35. The minimum Gasteiger partial charge on any atom is -0.493 e. The van der Waals surface area contributed by atoms with Gasteiger partial charge in [-0.3, -0.25) is 9.10 Å². The minimum absolute atomic E-state index is 0.101. The fourth-order valence-electron chi connectivity index (χ4n) is 3.60. The van der Waals surface area contributed by atoms with Gasteiger partial charge in [0.25, 0.3) is 10.0 Å². The van der Waals surface area contributed by atoms with Crippen molar-refractivity contribution in [2.24, 2.45) is 0 Å². The monoisotopic (exact) mass is 572 g/mol. The van der Waals surface area contributed by atoms with Crippen molar-refractivity contribution in [3.8, 4) is 17.2 Å². The number of carbonyl (C=O) groups is 1. The van der Waals surface area contributed by atoms with E-state index < -0.39 is 39.2 Å². The van der Waals surface area contributed by atoms with E-state index in [9.17, 15) is 26.4 Å². The van der Waals surface area contributed by atoms with Gasteiger partial charge in [0.2, 0.25) is 11.7 Å². The molecule has 1 amide bonds. The van der Waals surface area contributed by atoms with E-state index in [4.69, 9.17) is 25.8 Å². The second kappa shape index (κ2) is 11.8. The van der Waals surface area contributed by atoms with Gasteiger partial charge in [-0.15, -0.1) is 0 Å². The molecule has 3 rings (SSSR count). The number of amides is 1. The van der Waals surface area contributed by atoms with E-state index in [0.717, 1.165) is 12.1 Å². The summed E-state index contributed by atoms with van der Waals surface area (Å²) in [6, 6.07) is 12.9. The number of rotatable bonds is 10. The molecule has 8 nitrogen and oxygen atoms in total. The van der Waals surface area contributed by atoms with E-state index in [-0.39, 0.29) is 28.6 Å². The average Bonchev–Trinajstić information content (AvgIpc) is 2.90. The van der Waals surface area contributed by atoms with Crippen molar-refractivity contribution < 1.29 is 40.6 Å². The van der Waals surface area contributed by atoms with Gasteiger partial charge in [0.1, 0.15) is 6.54 Å². The molecule has 0 aromatic heterocycles. The lowest BCUT2D eigenvalue weighted by Crippen LogP contribution is -2.40. The molecule has 0 bridgehead atoms. The van der Waals surface area contributed by atoms with Gasteiger partial charge in [-0.2, -0.15) is 13.2 Å². The molecule has 0 unspecified atom stereocenters. The van der Waals surface area contributed by atoms with E-state index in [1.54, 1.807) is 18.2 Å². The van der Waals surface area contributed by atoms with Crippen molar-refractivity contribution in [2.45, 2.75) is 17.6 Å². The van der Waals surface area contributed by atoms with Gasteiger partial charge >= 0.3 is 6.18 Å². The highest BCUT2D eigenvalue weighted by Crippen LogP contribution is 2.40. The number of anilines is 1. The zero-order chi connectivity index (χ0) is 28.1.